The summed E-state index contributed by atoms with van der Waals surface area (Å²) >= 11 is 0. The molecule has 2 saturated carbocycles. The largest absolute Gasteiger partial charge is 0.381 e. The molecule has 5 heteroatoms. The Labute approximate surface area is 113 Å². The lowest BCUT2D eigenvalue weighted by Crippen LogP contribution is -2.67. The van der Waals surface area contributed by atoms with E-state index < -0.39 is 5.54 Å². The zero-order valence-electron chi connectivity index (χ0n) is 11.6. The minimum absolute atomic E-state index is 0.0186. The van der Waals surface area contributed by atoms with E-state index >= 15 is 0 Å². The van der Waals surface area contributed by atoms with E-state index in [0.29, 0.717) is 5.92 Å². The number of carbonyl (C=O) groups excluding carboxylic acids is 2. The third-order valence-electron chi connectivity index (χ3n) is 4.94. The second kappa shape index (κ2) is 4.47. The van der Waals surface area contributed by atoms with Crippen LogP contribution >= 0.6 is 0 Å². The minimum atomic E-state index is -0.666. The van der Waals surface area contributed by atoms with E-state index in [1.54, 1.807) is 12.0 Å². The highest BCUT2D eigenvalue weighted by atomic mass is 16.5. The highest BCUT2D eigenvalue weighted by Crippen LogP contribution is 2.42. The van der Waals surface area contributed by atoms with Crippen LogP contribution in [0.25, 0.3) is 0 Å². The Morgan fingerprint density at radius 2 is 2.00 bits per heavy atom. The van der Waals surface area contributed by atoms with E-state index in [1.807, 2.05) is 6.92 Å². The van der Waals surface area contributed by atoms with E-state index in [9.17, 15) is 9.59 Å². The first-order chi connectivity index (χ1) is 9.04. The fourth-order valence-corrected chi connectivity index (χ4v) is 3.55. The average molecular weight is 266 g/mol. The van der Waals surface area contributed by atoms with Gasteiger partial charge in [0.2, 0.25) is 11.8 Å². The molecule has 3 atom stereocenters. The van der Waals surface area contributed by atoms with Crippen LogP contribution in [0.15, 0.2) is 0 Å². The van der Waals surface area contributed by atoms with Gasteiger partial charge in [-0.25, -0.2) is 0 Å². The van der Waals surface area contributed by atoms with Crippen molar-refractivity contribution in [1.29, 1.82) is 0 Å². The topological polar surface area (TPSA) is 58.6 Å². The van der Waals surface area contributed by atoms with Gasteiger partial charge >= 0.3 is 0 Å². The third kappa shape index (κ3) is 2.14. The van der Waals surface area contributed by atoms with Crippen LogP contribution in [0.4, 0.5) is 0 Å². The second-order valence-electron chi connectivity index (χ2n) is 6.28. The number of hydrogen-bond donors (Lipinski definition) is 1. The molecule has 2 aliphatic carbocycles. The van der Waals surface area contributed by atoms with Crippen LogP contribution in [0.1, 0.15) is 39.0 Å². The quantitative estimate of drug-likeness (QED) is 0.817. The van der Waals surface area contributed by atoms with Gasteiger partial charge in [0, 0.05) is 13.2 Å². The molecule has 106 valence electrons. The number of piperazine rings is 1. The molecule has 3 aliphatic rings. The Bertz CT molecular complexity index is 407. The highest BCUT2D eigenvalue weighted by Gasteiger charge is 2.54. The van der Waals surface area contributed by atoms with Crippen LogP contribution in [0.2, 0.25) is 0 Å². The van der Waals surface area contributed by atoms with Gasteiger partial charge in [0.05, 0.1) is 12.6 Å². The second-order valence-corrected chi connectivity index (χ2v) is 6.28. The van der Waals surface area contributed by atoms with Gasteiger partial charge in [-0.1, -0.05) is 0 Å². The summed E-state index contributed by atoms with van der Waals surface area (Å²) in [5.74, 6) is 0.414. The van der Waals surface area contributed by atoms with Gasteiger partial charge < -0.3 is 15.0 Å². The number of rotatable bonds is 3. The Kier molecular flexibility index (Phi) is 3.04. The molecule has 0 aromatic rings. The predicted molar refractivity (Wildman–Crippen MR) is 69.4 cm³/mol. The van der Waals surface area contributed by atoms with Crippen molar-refractivity contribution in [2.45, 2.75) is 56.7 Å². The molecule has 1 aliphatic heterocycles. The molecule has 19 heavy (non-hydrogen) atoms. The maximum Gasteiger partial charge on any atom is 0.249 e. The summed E-state index contributed by atoms with van der Waals surface area (Å²) in [5.41, 5.74) is -0.666. The normalized spacial score (nSPS) is 39.6. The maximum atomic E-state index is 12.7. The van der Waals surface area contributed by atoms with E-state index in [2.05, 4.69) is 5.32 Å². The fourth-order valence-electron chi connectivity index (χ4n) is 3.55. The number of methoxy groups -OCH3 is 1. The first-order valence-corrected chi connectivity index (χ1v) is 7.19. The smallest absolute Gasteiger partial charge is 0.249 e. The number of carbonyl (C=O) groups is 2. The van der Waals surface area contributed by atoms with Crippen LogP contribution < -0.4 is 5.32 Å². The molecular formula is C14H22N2O3. The molecule has 0 bridgehead atoms. The molecule has 0 aromatic carbocycles. The Hall–Kier alpha value is -1.10. The standard InChI is InChI=1S/C14H22N2O3/c1-14(9-3-4-9)13(18)16(8-12(17)15-14)10-5-6-11(7-10)19-2/h9-11H,3-8H2,1-2H3,(H,15,17). The Morgan fingerprint density at radius 1 is 1.26 bits per heavy atom. The van der Waals surface area contributed by atoms with Crippen molar-refractivity contribution in [2.75, 3.05) is 13.7 Å². The van der Waals surface area contributed by atoms with Crippen molar-refractivity contribution in [2.24, 2.45) is 5.92 Å². The zero-order valence-corrected chi connectivity index (χ0v) is 11.6. The number of hydrogen-bond acceptors (Lipinski definition) is 3. The zero-order chi connectivity index (χ0) is 13.6. The van der Waals surface area contributed by atoms with Crippen molar-refractivity contribution < 1.29 is 14.3 Å². The van der Waals surface area contributed by atoms with Crippen LogP contribution in [0, 0.1) is 5.92 Å². The lowest BCUT2D eigenvalue weighted by molar-refractivity contribution is -0.152. The predicted octanol–water partition coefficient (Wildman–Crippen LogP) is 0.681. The number of ether oxygens (including phenoxy) is 1. The van der Waals surface area contributed by atoms with Gasteiger partial charge in [-0.05, 0) is 44.9 Å². The molecule has 0 spiro atoms. The van der Waals surface area contributed by atoms with E-state index in [4.69, 9.17) is 4.74 Å². The van der Waals surface area contributed by atoms with E-state index in [-0.39, 0.29) is 30.5 Å². The summed E-state index contributed by atoms with van der Waals surface area (Å²) < 4.78 is 5.37. The summed E-state index contributed by atoms with van der Waals surface area (Å²) in [4.78, 5) is 26.5. The van der Waals surface area contributed by atoms with Gasteiger partial charge in [-0.2, -0.15) is 0 Å². The first-order valence-electron chi connectivity index (χ1n) is 7.19. The Morgan fingerprint density at radius 3 is 2.58 bits per heavy atom. The van der Waals surface area contributed by atoms with E-state index in [0.717, 1.165) is 32.1 Å². The Balaban J connectivity index is 1.77. The van der Waals surface area contributed by atoms with Gasteiger partial charge in [-0.3, -0.25) is 9.59 Å². The molecule has 3 fully saturated rings. The van der Waals surface area contributed by atoms with Crippen molar-refractivity contribution >= 4 is 11.8 Å². The number of amides is 2. The molecule has 5 nitrogen and oxygen atoms in total. The maximum absolute atomic E-state index is 12.7. The molecule has 1 N–H and O–H groups in total. The highest BCUT2D eigenvalue weighted by molar-refractivity contribution is 5.98. The molecule has 1 heterocycles. The molecule has 1 saturated heterocycles. The van der Waals surface area contributed by atoms with Crippen LogP contribution in [0.3, 0.4) is 0 Å². The van der Waals surface area contributed by atoms with Gasteiger partial charge in [0.15, 0.2) is 0 Å². The molecule has 0 aromatic heterocycles. The molecule has 0 radical (unpaired) electrons. The van der Waals surface area contributed by atoms with Crippen LogP contribution in [0.5, 0.6) is 0 Å². The van der Waals surface area contributed by atoms with Crippen molar-refractivity contribution in [3.05, 3.63) is 0 Å². The lowest BCUT2D eigenvalue weighted by atomic mass is 9.90. The molecular weight excluding hydrogens is 244 g/mol. The van der Waals surface area contributed by atoms with Crippen LogP contribution in [-0.4, -0.2) is 48.1 Å². The average Bonchev–Trinajstić information content (AvgIpc) is 3.13. The lowest BCUT2D eigenvalue weighted by Gasteiger charge is -2.42. The molecule has 3 unspecified atom stereocenters. The fraction of sp³-hybridized carbons (Fsp3) is 0.857. The minimum Gasteiger partial charge on any atom is -0.381 e. The van der Waals surface area contributed by atoms with Gasteiger partial charge in [-0.15, -0.1) is 0 Å². The molecule has 3 rings (SSSR count). The van der Waals surface area contributed by atoms with E-state index in [1.165, 1.54) is 0 Å². The number of nitrogens with zero attached hydrogens (tertiary/aromatic N) is 1. The van der Waals surface area contributed by atoms with Crippen molar-refractivity contribution in [3.8, 4) is 0 Å². The van der Waals surface area contributed by atoms with Gasteiger partial charge in [0.1, 0.15) is 5.54 Å². The van der Waals surface area contributed by atoms with Crippen molar-refractivity contribution in [3.63, 3.8) is 0 Å². The summed E-state index contributed by atoms with van der Waals surface area (Å²) in [6.45, 7) is 2.10. The SMILES string of the molecule is COC1CCC(N2CC(=O)NC(C)(C3CC3)C2=O)C1. The summed E-state index contributed by atoms with van der Waals surface area (Å²) in [7, 11) is 1.71. The summed E-state index contributed by atoms with van der Waals surface area (Å²) in [6, 6.07) is 0.168. The van der Waals surface area contributed by atoms with Gasteiger partial charge in [0.25, 0.3) is 0 Å². The third-order valence-corrected chi connectivity index (χ3v) is 4.94. The van der Waals surface area contributed by atoms with Crippen LogP contribution in [-0.2, 0) is 14.3 Å². The summed E-state index contributed by atoms with van der Waals surface area (Å²) in [6.07, 6.45) is 5.10. The first kappa shape index (κ1) is 12.9. The summed E-state index contributed by atoms with van der Waals surface area (Å²) in [5, 5.41) is 2.92. The number of nitrogens with one attached hydrogen (secondary N) is 1. The molecule has 2 amide bonds. The monoisotopic (exact) mass is 266 g/mol. The van der Waals surface area contributed by atoms with Crippen molar-refractivity contribution in [1.82, 2.24) is 10.2 Å².